The van der Waals surface area contributed by atoms with E-state index in [1.165, 1.54) is 19.3 Å². The van der Waals surface area contributed by atoms with Crippen molar-refractivity contribution in [2.45, 2.75) is 57.8 Å². The van der Waals surface area contributed by atoms with Crippen LogP contribution < -0.4 is 0 Å². The quantitative estimate of drug-likeness (QED) is 0.366. The van der Waals surface area contributed by atoms with E-state index in [2.05, 4.69) is 18.2 Å². The van der Waals surface area contributed by atoms with Crippen LogP contribution in [0, 0.1) is 17.8 Å². The zero-order valence-electron chi connectivity index (χ0n) is 14.5. The summed E-state index contributed by atoms with van der Waals surface area (Å²) in [5.41, 5.74) is 0. The molecule has 24 heavy (non-hydrogen) atoms. The molecule has 1 saturated carbocycles. The summed E-state index contributed by atoms with van der Waals surface area (Å²) < 4.78 is 0. The first-order valence-electron chi connectivity index (χ1n) is 9.33. The highest BCUT2D eigenvalue weighted by Crippen LogP contribution is 2.34. The van der Waals surface area contributed by atoms with Gasteiger partial charge in [0.25, 0.3) is 0 Å². The highest BCUT2D eigenvalue weighted by molar-refractivity contribution is 7.99. The van der Waals surface area contributed by atoms with Gasteiger partial charge in [0, 0.05) is 12.3 Å². The number of carboxylic acids is 1. The Balaban J connectivity index is 1.71. The third kappa shape index (κ3) is 6.84. The number of hydrogen-bond donors (Lipinski definition) is 1. The Morgan fingerprint density at radius 1 is 1.08 bits per heavy atom. The van der Waals surface area contributed by atoms with Gasteiger partial charge in [-0.3, -0.25) is 9.59 Å². The molecule has 1 aliphatic heterocycles. The molecule has 2 fully saturated rings. The SMILES string of the molecule is O=C(O)CCCC=CC[C@H]1CSC[C@@H]1C=CC(=O)C1CCCCC1. The molecule has 1 aliphatic carbocycles. The molecule has 3 nitrogen and oxygen atoms in total. The van der Waals surface area contributed by atoms with Crippen LogP contribution in [0.2, 0.25) is 0 Å². The molecule has 0 aromatic heterocycles. The molecule has 0 aromatic rings. The largest absolute Gasteiger partial charge is 0.481 e. The van der Waals surface area contributed by atoms with Gasteiger partial charge in [-0.2, -0.15) is 11.8 Å². The summed E-state index contributed by atoms with van der Waals surface area (Å²) in [4.78, 5) is 22.8. The van der Waals surface area contributed by atoms with Crippen LogP contribution in [0.25, 0.3) is 0 Å². The van der Waals surface area contributed by atoms with Crippen molar-refractivity contribution in [3.63, 3.8) is 0 Å². The first-order chi connectivity index (χ1) is 11.7. The van der Waals surface area contributed by atoms with Gasteiger partial charge in [0.1, 0.15) is 0 Å². The highest BCUT2D eigenvalue weighted by Gasteiger charge is 2.25. The standard InChI is InChI=1S/C20H30O3S/c21-19(16-8-5-3-6-9-16)13-12-18-15-24-14-17(18)10-4-1-2-7-11-20(22)23/h1,4,12-13,16-18H,2-3,5-11,14-15H2,(H,22,23)/t17-,18-/m0/s1. The summed E-state index contributed by atoms with van der Waals surface area (Å²) in [6.07, 6.45) is 17.0. The maximum atomic E-state index is 12.3. The molecule has 0 amide bonds. The van der Waals surface area contributed by atoms with Gasteiger partial charge >= 0.3 is 5.97 Å². The second-order valence-corrected chi connectivity index (χ2v) is 8.13. The topological polar surface area (TPSA) is 54.4 Å². The second kappa shape index (κ2) is 10.8. The van der Waals surface area contributed by atoms with E-state index >= 15 is 0 Å². The summed E-state index contributed by atoms with van der Waals surface area (Å²) in [6.45, 7) is 0. The molecule has 0 spiro atoms. The molecule has 0 bridgehead atoms. The maximum absolute atomic E-state index is 12.3. The third-order valence-corrected chi connectivity index (χ3v) is 6.41. The Morgan fingerprint density at radius 2 is 1.88 bits per heavy atom. The molecule has 0 unspecified atom stereocenters. The lowest BCUT2D eigenvalue weighted by molar-refractivity contribution is -0.137. The van der Waals surface area contributed by atoms with E-state index in [-0.39, 0.29) is 12.3 Å². The van der Waals surface area contributed by atoms with Crippen LogP contribution in [0.1, 0.15) is 57.8 Å². The smallest absolute Gasteiger partial charge is 0.303 e. The zero-order valence-corrected chi connectivity index (χ0v) is 15.3. The second-order valence-electron chi connectivity index (χ2n) is 7.05. The lowest BCUT2D eigenvalue weighted by atomic mass is 9.85. The van der Waals surface area contributed by atoms with Gasteiger partial charge in [0.05, 0.1) is 0 Å². The summed E-state index contributed by atoms with van der Waals surface area (Å²) in [6, 6.07) is 0. The third-order valence-electron chi connectivity index (χ3n) is 5.13. The van der Waals surface area contributed by atoms with E-state index in [1.807, 2.05) is 17.8 Å². The number of allylic oxidation sites excluding steroid dienone is 4. The van der Waals surface area contributed by atoms with Gasteiger partial charge < -0.3 is 5.11 Å². The van der Waals surface area contributed by atoms with Gasteiger partial charge in [-0.1, -0.05) is 37.5 Å². The molecule has 134 valence electrons. The average molecular weight is 351 g/mol. The number of carboxylic acid groups (broad SMARTS) is 1. The number of rotatable bonds is 9. The van der Waals surface area contributed by atoms with Gasteiger partial charge in [0.15, 0.2) is 5.78 Å². The fraction of sp³-hybridized carbons (Fsp3) is 0.700. The maximum Gasteiger partial charge on any atom is 0.303 e. The number of thioether (sulfide) groups is 1. The van der Waals surface area contributed by atoms with Crippen LogP contribution in [-0.2, 0) is 9.59 Å². The van der Waals surface area contributed by atoms with Crippen molar-refractivity contribution < 1.29 is 14.7 Å². The van der Waals surface area contributed by atoms with E-state index in [0.717, 1.165) is 37.2 Å². The molecule has 2 rings (SSSR count). The van der Waals surface area contributed by atoms with Gasteiger partial charge in [-0.05, 0) is 61.5 Å². The molecule has 1 heterocycles. The van der Waals surface area contributed by atoms with Crippen LogP contribution in [-0.4, -0.2) is 28.4 Å². The van der Waals surface area contributed by atoms with Crippen molar-refractivity contribution >= 4 is 23.5 Å². The van der Waals surface area contributed by atoms with E-state index < -0.39 is 5.97 Å². The minimum atomic E-state index is -0.719. The van der Waals surface area contributed by atoms with Crippen molar-refractivity contribution in [2.24, 2.45) is 17.8 Å². The summed E-state index contributed by atoms with van der Waals surface area (Å²) >= 11 is 1.98. The Labute approximate surface area is 150 Å². The number of hydrogen-bond acceptors (Lipinski definition) is 3. The van der Waals surface area contributed by atoms with Crippen molar-refractivity contribution in [2.75, 3.05) is 11.5 Å². The Hall–Kier alpha value is -1.03. The fourth-order valence-corrected chi connectivity index (χ4v) is 5.05. The molecule has 1 N–H and O–H groups in total. The first-order valence-corrected chi connectivity index (χ1v) is 10.5. The first kappa shape index (κ1) is 19.3. The van der Waals surface area contributed by atoms with Gasteiger partial charge in [-0.15, -0.1) is 0 Å². The highest BCUT2D eigenvalue weighted by atomic mass is 32.2. The molecule has 1 saturated heterocycles. The Morgan fingerprint density at radius 3 is 2.62 bits per heavy atom. The molecule has 4 heteroatoms. The Kier molecular flexibility index (Phi) is 8.65. The molecule has 2 atom stereocenters. The molecule has 2 aliphatic rings. The van der Waals surface area contributed by atoms with Crippen LogP contribution in [0.3, 0.4) is 0 Å². The molecular formula is C20H30O3S. The number of aliphatic carboxylic acids is 1. The lowest BCUT2D eigenvalue weighted by Crippen LogP contribution is -2.16. The summed E-state index contributed by atoms with van der Waals surface area (Å²) in [5, 5.41) is 8.61. The van der Waals surface area contributed by atoms with Crippen LogP contribution in [0.5, 0.6) is 0 Å². The normalized spacial score (nSPS) is 25.7. The number of carbonyl (C=O) groups excluding carboxylic acids is 1. The minimum absolute atomic E-state index is 0.248. The molecule has 0 radical (unpaired) electrons. The predicted molar refractivity (Wildman–Crippen MR) is 100 cm³/mol. The Bertz CT molecular complexity index is 464. The van der Waals surface area contributed by atoms with Gasteiger partial charge in [-0.25, -0.2) is 0 Å². The number of carbonyl (C=O) groups is 2. The van der Waals surface area contributed by atoms with E-state index in [4.69, 9.17) is 5.11 Å². The van der Waals surface area contributed by atoms with E-state index in [1.54, 1.807) is 0 Å². The van der Waals surface area contributed by atoms with Crippen LogP contribution in [0.4, 0.5) is 0 Å². The number of ketones is 1. The van der Waals surface area contributed by atoms with Crippen molar-refractivity contribution in [1.82, 2.24) is 0 Å². The van der Waals surface area contributed by atoms with Crippen molar-refractivity contribution in [3.8, 4) is 0 Å². The fourth-order valence-electron chi connectivity index (χ4n) is 3.57. The zero-order chi connectivity index (χ0) is 17.2. The van der Waals surface area contributed by atoms with Gasteiger partial charge in [0.2, 0.25) is 0 Å². The lowest BCUT2D eigenvalue weighted by Gasteiger charge is -2.19. The summed E-state index contributed by atoms with van der Waals surface area (Å²) in [7, 11) is 0. The van der Waals surface area contributed by atoms with Crippen LogP contribution >= 0.6 is 11.8 Å². The van der Waals surface area contributed by atoms with Crippen molar-refractivity contribution in [3.05, 3.63) is 24.3 Å². The van der Waals surface area contributed by atoms with E-state index in [9.17, 15) is 9.59 Å². The minimum Gasteiger partial charge on any atom is -0.481 e. The van der Waals surface area contributed by atoms with Crippen LogP contribution in [0.15, 0.2) is 24.3 Å². The summed E-state index contributed by atoms with van der Waals surface area (Å²) in [5.74, 6) is 3.29. The van der Waals surface area contributed by atoms with Crippen molar-refractivity contribution in [1.29, 1.82) is 0 Å². The molecule has 0 aromatic carbocycles. The van der Waals surface area contributed by atoms with E-state index in [0.29, 0.717) is 24.0 Å². The number of unbranched alkanes of at least 4 members (excludes halogenated alkanes) is 1. The predicted octanol–water partition coefficient (Wildman–Crippen LogP) is 4.87. The molecular weight excluding hydrogens is 320 g/mol. The monoisotopic (exact) mass is 350 g/mol. The average Bonchev–Trinajstić information content (AvgIpc) is 3.03.